The second-order valence-electron chi connectivity index (χ2n) is 3.26. The molecule has 4 nitrogen and oxygen atoms in total. The van der Waals surface area contributed by atoms with E-state index in [0.29, 0.717) is 18.7 Å². The summed E-state index contributed by atoms with van der Waals surface area (Å²) in [6.45, 7) is 0.660. The lowest BCUT2D eigenvalue weighted by molar-refractivity contribution is 0.158. The Morgan fingerprint density at radius 2 is 2.40 bits per heavy atom. The summed E-state index contributed by atoms with van der Waals surface area (Å²) in [4.78, 5) is 15.4. The Bertz CT molecular complexity index is 431. The molecule has 1 aliphatic heterocycles. The van der Waals surface area contributed by atoms with Gasteiger partial charge in [-0.3, -0.25) is 0 Å². The van der Waals surface area contributed by atoms with E-state index in [0.717, 1.165) is 5.57 Å². The van der Waals surface area contributed by atoms with E-state index < -0.39 is 12.0 Å². The second kappa shape index (κ2) is 3.68. The molecule has 78 valence electrons. The van der Waals surface area contributed by atoms with E-state index in [1.165, 1.54) is 17.2 Å². The van der Waals surface area contributed by atoms with Crippen molar-refractivity contribution in [2.45, 2.75) is 0 Å². The monoisotopic (exact) mass is 208 g/mol. The molecule has 1 aromatic heterocycles. The normalized spacial score (nSPS) is 15.3. The molecule has 0 bridgehead atoms. The fourth-order valence-electron chi connectivity index (χ4n) is 1.51. The SMILES string of the molecule is O=C(O)N1CC=C(c2ccnc(F)c2)C1. The minimum atomic E-state index is -0.962. The van der Waals surface area contributed by atoms with Gasteiger partial charge in [-0.2, -0.15) is 4.39 Å². The summed E-state index contributed by atoms with van der Waals surface area (Å²) < 4.78 is 12.8. The van der Waals surface area contributed by atoms with Crippen LogP contribution in [0.2, 0.25) is 0 Å². The van der Waals surface area contributed by atoms with Crippen molar-refractivity contribution in [3.8, 4) is 0 Å². The van der Waals surface area contributed by atoms with E-state index in [1.54, 1.807) is 12.1 Å². The first-order valence-electron chi connectivity index (χ1n) is 4.45. The smallest absolute Gasteiger partial charge is 0.407 e. The molecule has 0 radical (unpaired) electrons. The summed E-state index contributed by atoms with van der Waals surface area (Å²) >= 11 is 0. The van der Waals surface area contributed by atoms with Crippen molar-refractivity contribution in [3.63, 3.8) is 0 Å². The zero-order valence-corrected chi connectivity index (χ0v) is 7.85. The van der Waals surface area contributed by atoms with Gasteiger partial charge in [0.15, 0.2) is 0 Å². The molecule has 1 aromatic rings. The van der Waals surface area contributed by atoms with Gasteiger partial charge in [-0.05, 0) is 17.2 Å². The largest absolute Gasteiger partial charge is 0.465 e. The van der Waals surface area contributed by atoms with Crippen LogP contribution in [0.15, 0.2) is 24.4 Å². The first-order valence-corrected chi connectivity index (χ1v) is 4.45. The molecule has 15 heavy (non-hydrogen) atoms. The lowest BCUT2D eigenvalue weighted by Crippen LogP contribution is -2.26. The quantitative estimate of drug-likeness (QED) is 0.713. The Morgan fingerprint density at radius 1 is 1.60 bits per heavy atom. The Labute approximate surface area is 85.7 Å². The molecule has 5 heteroatoms. The van der Waals surface area contributed by atoms with E-state index in [9.17, 15) is 9.18 Å². The van der Waals surface area contributed by atoms with Crippen LogP contribution >= 0.6 is 0 Å². The molecule has 0 atom stereocenters. The summed E-state index contributed by atoms with van der Waals surface area (Å²) in [5.74, 6) is -0.554. The number of nitrogens with zero attached hydrogens (tertiary/aromatic N) is 2. The highest BCUT2D eigenvalue weighted by molar-refractivity contribution is 5.76. The summed E-state index contributed by atoms with van der Waals surface area (Å²) in [7, 11) is 0. The number of amides is 1. The Morgan fingerprint density at radius 3 is 3.00 bits per heavy atom. The molecule has 1 aliphatic rings. The molecule has 0 spiro atoms. The van der Waals surface area contributed by atoms with Gasteiger partial charge in [0.05, 0.1) is 0 Å². The molecule has 0 saturated heterocycles. The molecular weight excluding hydrogens is 199 g/mol. The van der Waals surface area contributed by atoms with Crippen LogP contribution in [-0.4, -0.2) is 34.2 Å². The summed E-state index contributed by atoms with van der Waals surface area (Å²) in [5, 5.41) is 8.74. The zero-order valence-electron chi connectivity index (χ0n) is 7.85. The van der Waals surface area contributed by atoms with Gasteiger partial charge in [-0.25, -0.2) is 9.78 Å². The first kappa shape index (κ1) is 9.64. The number of hydrogen-bond donors (Lipinski definition) is 1. The first-order chi connectivity index (χ1) is 7.16. The second-order valence-corrected chi connectivity index (χ2v) is 3.26. The molecule has 0 aromatic carbocycles. The van der Waals surface area contributed by atoms with Crippen molar-refractivity contribution < 1.29 is 14.3 Å². The van der Waals surface area contributed by atoms with Crippen molar-refractivity contribution in [1.82, 2.24) is 9.88 Å². The van der Waals surface area contributed by atoms with Gasteiger partial charge in [0.25, 0.3) is 0 Å². The highest BCUT2D eigenvalue weighted by Crippen LogP contribution is 2.20. The van der Waals surface area contributed by atoms with Crippen LogP contribution in [0, 0.1) is 5.95 Å². The average molecular weight is 208 g/mol. The van der Waals surface area contributed by atoms with Crippen LogP contribution in [-0.2, 0) is 0 Å². The number of pyridine rings is 1. The molecule has 2 rings (SSSR count). The fourth-order valence-corrected chi connectivity index (χ4v) is 1.51. The summed E-state index contributed by atoms with van der Waals surface area (Å²) in [6.07, 6.45) is 2.19. The van der Waals surface area contributed by atoms with Crippen molar-refractivity contribution in [2.75, 3.05) is 13.1 Å². The maximum absolute atomic E-state index is 12.8. The molecule has 0 unspecified atom stereocenters. The van der Waals surface area contributed by atoms with E-state index in [4.69, 9.17) is 5.11 Å². The molecule has 1 amide bonds. The predicted octanol–water partition coefficient (Wildman–Crippen LogP) is 1.60. The Kier molecular flexibility index (Phi) is 2.37. The van der Waals surface area contributed by atoms with E-state index in [-0.39, 0.29) is 0 Å². The van der Waals surface area contributed by atoms with Crippen LogP contribution < -0.4 is 0 Å². The minimum Gasteiger partial charge on any atom is -0.465 e. The van der Waals surface area contributed by atoms with E-state index in [1.807, 2.05) is 0 Å². The van der Waals surface area contributed by atoms with Crippen molar-refractivity contribution in [1.29, 1.82) is 0 Å². The highest BCUT2D eigenvalue weighted by atomic mass is 19.1. The molecule has 0 saturated carbocycles. The number of rotatable bonds is 1. The third-order valence-corrected chi connectivity index (χ3v) is 2.29. The number of carbonyl (C=O) groups is 1. The van der Waals surface area contributed by atoms with Crippen LogP contribution in [0.3, 0.4) is 0 Å². The molecule has 0 aliphatic carbocycles. The lowest BCUT2D eigenvalue weighted by Gasteiger charge is -2.11. The van der Waals surface area contributed by atoms with Gasteiger partial charge in [0.2, 0.25) is 5.95 Å². The fraction of sp³-hybridized carbons (Fsp3) is 0.200. The molecule has 1 N–H and O–H groups in total. The molecule has 0 fully saturated rings. The van der Waals surface area contributed by atoms with E-state index in [2.05, 4.69) is 4.98 Å². The van der Waals surface area contributed by atoms with Gasteiger partial charge >= 0.3 is 6.09 Å². The van der Waals surface area contributed by atoms with Crippen LogP contribution in [0.5, 0.6) is 0 Å². The maximum Gasteiger partial charge on any atom is 0.407 e. The number of halogens is 1. The minimum absolute atomic E-state index is 0.304. The third kappa shape index (κ3) is 1.96. The van der Waals surface area contributed by atoms with Crippen molar-refractivity contribution >= 4 is 11.7 Å². The Balaban J connectivity index is 2.17. The topological polar surface area (TPSA) is 53.4 Å². The number of aromatic nitrogens is 1. The van der Waals surface area contributed by atoms with Crippen LogP contribution in [0.1, 0.15) is 5.56 Å². The van der Waals surface area contributed by atoms with Gasteiger partial charge in [-0.1, -0.05) is 6.08 Å². The summed E-state index contributed by atoms with van der Waals surface area (Å²) in [5.41, 5.74) is 1.50. The third-order valence-electron chi connectivity index (χ3n) is 2.29. The molecular formula is C10H9FN2O2. The standard InChI is InChI=1S/C10H9FN2O2/c11-9-5-7(1-3-12-9)8-2-4-13(6-8)10(14)15/h1-3,5H,4,6H2,(H,14,15). The van der Waals surface area contributed by atoms with Gasteiger partial charge in [0, 0.05) is 25.4 Å². The van der Waals surface area contributed by atoms with Crippen molar-refractivity contribution in [2.24, 2.45) is 0 Å². The lowest BCUT2D eigenvalue weighted by atomic mass is 10.1. The van der Waals surface area contributed by atoms with Crippen LogP contribution in [0.4, 0.5) is 9.18 Å². The Hall–Kier alpha value is -1.91. The zero-order chi connectivity index (χ0) is 10.8. The van der Waals surface area contributed by atoms with Gasteiger partial charge < -0.3 is 10.0 Å². The predicted molar refractivity (Wildman–Crippen MR) is 51.8 cm³/mol. The maximum atomic E-state index is 12.8. The summed E-state index contributed by atoms with van der Waals surface area (Å²) in [6, 6.07) is 2.97. The number of hydrogen-bond acceptors (Lipinski definition) is 2. The van der Waals surface area contributed by atoms with E-state index >= 15 is 0 Å². The average Bonchev–Trinajstić information content (AvgIpc) is 2.66. The van der Waals surface area contributed by atoms with Gasteiger partial charge in [0.1, 0.15) is 0 Å². The highest BCUT2D eigenvalue weighted by Gasteiger charge is 2.19. The number of carboxylic acid groups (broad SMARTS) is 1. The van der Waals surface area contributed by atoms with Crippen molar-refractivity contribution in [3.05, 3.63) is 35.9 Å². The molecule has 2 heterocycles. The van der Waals surface area contributed by atoms with Crippen LogP contribution in [0.25, 0.3) is 5.57 Å². The van der Waals surface area contributed by atoms with Gasteiger partial charge in [-0.15, -0.1) is 0 Å².